The third kappa shape index (κ3) is 5.80. The normalized spacial score (nSPS) is 10.4. The summed E-state index contributed by atoms with van der Waals surface area (Å²) in [5.74, 6) is -1.30. The first-order valence-electron chi connectivity index (χ1n) is 9.42. The highest BCUT2D eigenvalue weighted by molar-refractivity contribution is 7.99. The van der Waals surface area contributed by atoms with Crippen LogP contribution in [-0.4, -0.2) is 41.8 Å². The van der Waals surface area contributed by atoms with E-state index in [-0.39, 0.29) is 33.7 Å². The first-order valence-corrected chi connectivity index (χ1v) is 10.4. The molecule has 0 fully saturated rings. The number of anilines is 3. The van der Waals surface area contributed by atoms with Gasteiger partial charge in [-0.2, -0.15) is 0 Å². The topological polar surface area (TPSA) is 148 Å². The van der Waals surface area contributed by atoms with Crippen molar-refractivity contribution in [1.29, 1.82) is 0 Å². The lowest BCUT2D eigenvalue weighted by molar-refractivity contribution is -0.113. The van der Waals surface area contributed by atoms with Gasteiger partial charge in [0, 0.05) is 5.56 Å². The van der Waals surface area contributed by atoms with Gasteiger partial charge < -0.3 is 25.8 Å². The van der Waals surface area contributed by atoms with Crippen molar-refractivity contribution in [3.63, 3.8) is 0 Å². The molecular formula is C21H20FN5O5S. The van der Waals surface area contributed by atoms with Crippen LogP contribution in [0, 0.1) is 5.82 Å². The summed E-state index contributed by atoms with van der Waals surface area (Å²) in [6, 6.07) is 10.2. The third-order valence-electron chi connectivity index (χ3n) is 4.30. The molecule has 0 bridgehead atoms. The zero-order valence-corrected chi connectivity index (χ0v) is 18.4. The van der Waals surface area contributed by atoms with Gasteiger partial charge >= 0.3 is 0 Å². The van der Waals surface area contributed by atoms with E-state index in [9.17, 15) is 18.8 Å². The molecule has 2 amide bonds. The molecule has 172 valence electrons. The van der Waals surface area contributed by atoms with Crippen molar-refractivity contribution < 1.29 is 23.5 Å². The molecule has 12 heteroatoms. The van der Waals surface area contributed by atoms with Crippen molar-refractivity contribution in [2.45, 2.75) is 5.16 Å². The largest absolute Gasteiger partial charge is 0.493 e. The van der Waals surface area contributed by atoms with Gasteiger partial charge in [-0.3, -0.25) is 19.4 Å². The van der Waals surface area contributed by atoms with Crippen LogP contribution in [0.1, 0.15) is 10.4 Å². The van der Waals surface area contributed by atoms with Crippen molar-refractivity contribution in [2.75, 3.05) is 36.3 Å². The number of aromatic amines is 1. The molecule has 1 heterocycles. The van der Waals surface area contributed by atoms with Crippen LogP contribution < -0.4 is 31.4 Å². The lowest BCUT2D eigenvalue weighted by atomic mass is 10.2. The number of hydrogen-bond donors (Lipinski definition) is 4. The van der Waals surface area contributed by atoms with Crippen molar-refractivity contribution in [3.8, 4) is 11.5 Å². The van der Waals surface area contributed by atoms with Crippen molar-refractivity contribution in [1.82, 2.24) is 9.97 Å². The molecule has 3 aromatic rings. The molecule has 0 atom stereocenters. The van der Waals surface area contributed by atoms with E-state index >= 15 is 0 Å². The maximum Gasteiger partial charge on any atom is 0.277 e. The van der Waals surface area contributed by atoms with Crippen LogP contribution in [0.3, 0.4) is 0 Å². The van der Waals surface area contributed by atoms with Gasteiger partial charge in [-0.05, 0) is 30.3 Å². The molecule has 0 saturated carbocycles. The monoisotopic (exact) mass is 473 g/mol. The number of nitrogens with two attached hydrogens (primary N) is 1. The molecule has 3 rings (SSSR count). The minimum absolute atomic E-state index is 0.0392. The van der Waals surface area contributed by atoms with Crippen LogP contribution in [0.4, 0.5) is 21.6 Å². The van der Waals surface area contributed by atoms with Crippen molar-refractivity contribution >= 4 is 40.8 Å². The molecule has 0 aliphatic heterocycles. The van der Waals surface area contributed by atoms with Crippen LogP contribution in [-0.2, 0) is 4.79 Å². The Morgan fingerprint density at radius 1 is 1.12 bits per heavy atom. The average molecular weight is 473 g/mol. The number of aromatic nitrogens is 2. The SMILES string of the molecule is COc1ccc(C(=O)Nc2c(N)nc(SCC(=O)Nc3ccccc3F)[nH]c2=O)cc1OC. The highest BCUT2D eigenvalue weighted by atomic mass is 32.2. The van der Waals surface area contributed by atoms with E-state index in [1.165, 1.54) is 44.6 Å². The Hall–Kier alpha value is -4.06. The van der Waals surface area contributed by atoms with Gasteiger partial charge in [0.15, 0.2) is 22.5 Å². The van der Waals surface area contributed by atoms with Crippen molar-refractivity contribution in [3.05, 3.63) is 64.2 Å². The Bertz CT molecular complexity index is 1250. The van der Waals surface area contributed by atoms with Gasteiger partial charge in [0.25, 0.3) is 11.5 Å². The number of nitrogens with one attached hydrogen (secondary N) is 3. The van der Waals surface area contributed by atoms with Gasteiger partial charge in [0.2, 0.25) is 5.91 Å². The van der Waals surface area contributed by atoms with Crippen LogP contribution >= 0.6 is 11.8 Å². The molecule has 0 spiro atoms. The number of hydrogen-bond acceptors (Lipinski definition) is 8. The van der Waals surface area contributed by atoms with E-state index in [1.807, 2.05) is 0 Å². The van der Waals surface area contributed by atoms with E-state index < -0.39 is 23.2 Å². The van der Waals surface area contributed by atoms with Crippen LogP contribution in [0.15, 0.2) is 52.4 Å². The number of halogens is 1. The van der Waals surface area contributed by atoms with Crippen molar-refractivity contribution in [2.24, 2.45) is 0 Å². The molecule has 0 saturated heterocycles. The van der Waals surface area contributed by atoms with Crippen LogP contribution in [0.25, 0.3) is 0 Å². The molecule has 0 radical (unpaired) electrons. The van der Waals surface area contributed by atoms with E-state index in [0.717, 1.165) is 11.8 Å². The lowest BCUT2D eigenvalue weighted by Crippen LogP contribution is -2.23. The van der Waals surface area contributed by atoms with Crippen LogP contribution in [0.5, 0.6) is 11.5 Å². The van der Waals surface area contributed by atoms with E-state index in [4.69, 9.17) is 15.2 Å². The highest BCUT2D eigenvalue weighted by Crippen LogP contribution is 2.28. The van der Waals surface area contributed by atoms with Gasteiger partial charge in [-0.15, -0.1) is 0 Å². The summed E-state index contributed by atoms with van der Waals surface area (Å²) in [6.45, 7) is 0. The predicted octanol–water partition coefficient (Wildman–Crippen LogP) is 2.49. The minimum atomic E-state index is -0.701. The molecule has 33 heavy (non-hydrogen) atoms. The third-order valence-corrected chi connectivity index (χ3v) is 5.17. The number of nitrogens with zero attached hydrogens (tertiary/aromatic N) is 1. The minimum Gasteiger partial charge on any atom is -0.493 e. The zero-order chi connectivity index (χ0) is 24.0. The number of para-hydroxylation sites is 1. The fourth-order valence-electron chi connectivity index (χ4n) is 2.70. The Balaban J connectivity index is 1.67. The quantitative estimate of drug-likeness (QED) is 0.288. The summed E-state index contributed by atoms with van der Waals surface area (Å²) < 4.78 is 23.9. The Morgan fingerprint density at radius 2 is 1.85 bits per heavy atom. The van der Waals surface area contributed by atoms with Crippen LogP contribution in [0.2, 0.25) is 0 Å². The summed E-state index contributed by atoms with van der Waals surface area (Å²) in [5, 5.41) is 4.90. The average Bonchev–Trinajstić information content (AvgIpc) is 2.81. The number of benzene rings is 2. The lowest BCUT2D eigenvalue weighted by Gasteiger charge is -2.11. The smallest absolute Gasteiger partial charge is 0.277 e. The van der Waals surface area contributed by atoms with Gasteiger partial charge in [-0.25, -0.2) is 9.37 Å². The molecule has 2 aromatic carbocycles. The molecule has 5 N–H and O–H groups in total. The zero-order valence-electron chi connectivity index (χ0n) is 17.6. The fourth-order valence-corrected chi connectivity index (χ4v) is 3.37. The fraction of sp³-hybridized carbons (Fsp3) is 0.143. The number of carbonyl (C=O) groups is 2. The molecule has 0 unspecified atom stereocenters. The predicted molar refractivity (Wildman–Crippen MR) is 123 cm³/mol. The Morgan fingerprint density at radius 3 is 2.52 bits per heavy atom. The number of rotatable bonds is 8. The Kier molecular flexibility index (Phi) is 7.51. The molecule has 10 nitrogen and oxygen atoms in total. The summed E-state index contributed by atoms with van der Waals surface area (Å²) in [4.78, 5) is 43.5. The second-order valence-corrected chi connectivity index (χ2v) is 7.44. The molecular weight excluding hydrogens is 453 g/mol. The summed E-state index contributed by atoms with van der Waals surface area (Å²) in [7, 11) is 2.89. The van der Waals surface area contributed by atoms with E-state index in [0.29, 0.717) is 11.5 Å². The van der Waals surface area contributed by atoms with E-state index in [1.54, 1.807) is 12.1 Å². The maximum atomic E-state index is 13.6. The first-order chi connectivity index (χ1) is 15.8. The number of H-pyrrole nitrogens is 1. The summed E-state index contributed by atoms with van der Waals surface area (Å²) >= 11 is 0.891. The summed E-state index contributed by atoms with van der Waals surface area (Å²) in [6.07, 6.45) is 0. The second kappa shape index (κ2) is 10.5. The standard InChI is InChI=1S/C21H20FN5O5S/c1-31-14-8-7-11(9-15(14)32-2)19(29)25-17-18(23)26-21(27-20(17)30)33-10-16(28)24-13-6-4-3-5-12(13)22/h3-9H,10H2,1-2H3,(H,24,28)(H,25,29)(H3,23,26,27,30). The number of amides is 2. The number of carbonyl (C=O) groups excluding carboxylic acids is 2. The molecule has 1 aromatic heterocycles. The van der Waals surface area contributed by atoms with Gasteiger partial charge in [0.1, 0.15) is 11.5 Å². The summed E-state index contributed by atoms with van der Waals surface area (Å²) in [5.41, 5.74) is 5.15. The number of thioether (sulfide) groups is 1. The Labute approximate surface area is 191 Å². The van der Waals surface area contributed by atoms with Gasteiger partial charge in [0.05, 0.1) is 25.7 Å². The number of methoxy groups -OCH3 is 2. The van der Waals surface area contributed by atoms with Gasteiger partial charge in [-0.1, -0.05) is 23.9 Å². The number of ether oxygens (including phenoxy) is 2. The maximum absolute atomic E-state index is 13.6. The second-order valence-electron chi connectivity index (χ2n) is 6.47. The number of nitrogen functional groups attached to an aromatic ring is 1. The molecule has 0 aliphatic carbocycles. The van der Waals surface area contributed by atoms with E-state index in [2.05, 4.69) is 20.6 Å². The highest BCUT2D eigenvalue weighted by Gasteiger charge is 2.17. The first kappa shape index (κ1) is 23.6. The molecule has 0 aliphatic rings.